The lowest BCUT2D eigenvalue weighted by Gasteiger charge is -2.23. The van der Waals surface area contributed by atoms with Crippen molar-refractivity contribution >= 4 is 30.1 Å². The van der Waals surface area contributed by atoms with Gasteiger partial charge in [0.2, 0.25) is 0 Å². The Bertz CT molecular complexity index is 1530. The highest BCUT2D eigenvalue weighted by molar-refractivity contribution is 8.02. The second-order valence-electron chi connectivity index (χ2n) is 11.2. The van der Waals surface area contributed by atoms with Gasteiger partial charge in [0.1, 0.15) is 23.3 Å². The molecule has 1 saturated carbocycles. The summed E-state index contributed by atoms with van der Waals surface area (Å²) < 4.78 is 17.6. The fourth-order valence-electron chi connectivity index (χ4n) is 5.35. The predicted octanol–water partition coefficient (Wildman–Crippen LogP) is 5.34. The zero-order valence-electron chi connectivity index (χ0n) is 23.8. The van der Waals surface area contributed by atoms with E-state index < -0.39 is 11.7 Å². The largest absolute Gasteiger partial charge is 0.352 e. The van der Waals surface area contributed by atoms with Crippen LogP contribution in [-0.4, -0.2) is 45.4 Å². The molecule has 2 aromatic carbocycles. The third-order valence-electron chi connectivity index (χ3n) is 7.74. The van der Waals surface area contributed by atoms with E-state index in [0.29, 0.717) is 24.8 Å². The van der Waals surface area contributed by atoms with Crippen LogP contribution in [0, 0.1) is 11.7 Å². The fourth-order valence-corrected chi connectivity index (χ4v) is 6.23. The second kappa shape index (κ2) is 12.1. The smallest absolute Gasteiger partial charge is 0.259 e. The summed E-state index contributed by atoms with van der Waals surface area (Å²) in [5.41, 5.74) is 3.76. The first-order valence-corrected chi connectivity index (χ1v) is 15.2. The van der Waals surface area contributed by atoms with Gasteiger partial charge in [0.15, 0.2) is 5.82 Å². The molecule has 0 bridgehead atoms. The number of amides is 1. The van der Waals surface area contributed by atoms with E-state index in [9.17, 15) is 4.79 Å². The van der Waals surface area contributed by atoms with Crippen LogP contribution in [0.3, 0.4) is 0 Å². The Morgan fingerprint density at radius 2 is 2.07 bits per heavy atom. The number of nitrogens with zero attached hydrogens (tertiary/aromatic N) is 6. The molecule has 42 heavy (non-hydrogen) atoms. The van der Waals surface area contributed by atoms with Crippen molar-refractivity contribution < 1.29 is 9.18 Å². The molecule has 1 unspecified atom stereocenters. The van der Waals surface area contributed by atoms with Gasteiger partial charge in [-0.15, -0.1) is 10.2 Å². The number of anilines is 1. The van der Waals surface area contributed by atoms with Crippen LogP contribution >= 0.6 is 11.8 Å². The van der Waals surface area contributed by atoms with Crippen LogP contribution in [0.15, 0.2) is 76.9 Å². The Balaban J connectivity index is 1.24. The van der Waals surface area contributed by atoms with Crippen molar-refractivity contribution in [3.63, 3.8) is 0 Å². The number of aromatic nitrogens is 3. The van der Waals surface area contributed by atoms with Crippen LogP contribution in [0.1, 0.15) is 65.4 Å². The van der Waals surface area contributed by atoms with Crippen molar-refractivity contribution in [1.29, 1.82) is 0 Å². The topological polar surface area (TPSA) is 90.7 Å². The molecule has 6 rings (SSSR count). The van der Waals surface area contributed by atoms with Gasteiger partial charge in [-0.2, -0.15) is 0 Å². The van der Waals surface area contributed by atoms with E-state index >= 15 is 4.39 Å². The van der Waals surface area contributed by atoms with Crippen LogP contribution < -0.4 is 15.5 Å². The van der Waals surface area contributed by atoms with Crippen LogP contribution in [-0.2, 0) is 13.1 Å². The first-order valence-electron chi connectivity index (χ1n) is 14.3. The van der Waals surface area contributed by atoms with Crippen molar-refractivity contribution in [2.45, 2.75) is 51.2 Å². The van der Waals surface area contributed by atoms with Gasteiger partial charge >= 0.3 is 0 Å². The van der Waals surface area contributed by atoms with Gasteiger partial charge in [0.05, 0.1) is 11.3 Å². The minimum Gasteiger partial charge on any atom is -0.352 e. The van der Waals surface area contributed by atoms with Crippen molar-refractivity contribution in [3.8, 4) is 0 Å². The normalized spacial score (nSPS) is 19.2. The average molecular weight is 587 g/mol. The maximum atomic E-state index is 15.6. The molecule has 0 spiro atoms. The zero-order chi connectivity index (χ0) is 29.2. The van der Waals surface area contributed by atoms with Crippen LogP contribution in [0.25, 0.3) is 0 Å². The van der Waals surface area contributed by atoms with Crippen molar-refractivity contribution in [1.82, 2.24) is 30.3 Å². The van der Waals surface area contributed by atoms with Crippen molar-refractivity contribution in [2.75, 3.05) is 18.0 Å². The quantitative estimate of drug-likeness (QED) is 0.327. The van der Waals surface area contributed by atoms with E-state index in [1.165, 1.54) is 23.4 Å². The number of hydrogen-bond acceptors (Lipinski definition) is 8. The number of rotatable bonds is 9. The monoisotopic (exact) mass is 586 g/mol. The molecule has 3 heterocycles. The van der Waals surface area contributed by atoms with E-state index in [1.54, 1.807) is 12.4 Å². The summed E-state index contributed by atoms with van der Waals surface area (Å²) in [6.45, 7) is 10.7. The molecule has 11 heteroatoms. The standard InChI is InChI=1S/C31H35FN8OS/c1-20(2)40-19-34-37-29(40)31-36-28(18-42-31)35-30(41)24-14-27-23(13-25(24)32)16-38(15-21-7-5-4-6-8-21)11-12-39(27)17-26(33-3)22-9-10-22/h4-8,13-14,17-20,22,31,36H,3,9-12,15-16H2,1-2H3,(H,35,41)/b26-17-. The number of thioether (sulfide) groups is 1. The lowest BCUT2D eigenvalue weighted by atomic mass is 10.1. The lowest BCUT2D eigenvalue weighted by Crippen LogP contribution is -2.31. The maximum absolute atomic E-state index is 15.6. The highest BCUT2D eigenvalue weighted by atomic mass is 32.2. The number of aliphatic imine (C=N–C) groups is 1. The maximum Gasteiger partial charge on any atom is 0.259 e. The number of fused-ring (bicyclic) bond motifs is 1. The van der Waals surface area contributed by atoms with E-state index in [1.807, 2.05) is 34.4 Å². The Labute approximate surface area is 249 Å². The Hall–Kier alpha value is -3.96. The van der Waals surface area contributed by atoms with E-state index in [4.69, 9.17) is 0 Å². The molecule has 3 aromatic rings. The number of nitrogens with one attached hydrogen (secondary N) is 2. The van der Waals surface area contributed by atoms with Crippen LogP contribution in [0.2, 0.25) is 0 Å². The Kier molecular flexibility index (Phi) is 8.12. The number of hydrogen-bond donors (Lipinski definition) is 2. The van der Waals surface area contributed by atoms with Gasteiger partial charge in [-0.25, -0.2) is 4.39 Å². The first kappa shape index (κ1) is 28.2. The number of carbonyl (C=O) groups excluding carboxylic acids is 1. The molecule has 0 radical (unpaired) electrons. The van der Waals surface area contributed by atoms with Gasteiger partial charge in [-0.3, -0.25) is 14.7 Å². The van der Waals surface area contributed by atoms with Gasteiger partial charge < -0.3 is 20.1 Å². The fraction of sp³-hybridized carbons (Fsp3) is 0.355. The summed E-state index contributed by atoms with van der Waals surface area (Å²) in [6.07, 6.45) is 5.92. The second-order valence-corrected chi connectivity index (χ2v) is 12.2. The van der Waals surface area contributed by atoms with Gasteiger partial charge in [-0.05, 0) is 56.7 Å². The molecule has 218 valence electrons. The summed E-state index contributed by atoms with van der Waals surface area (Å²) in [7, 11) is 0. The molecule has 0 saturated heterocycles. The highest BCUT2D eigenvalue weighted by Gasteiger charge is 2.30. The summed E-state index contributed by atoms with van der Waals surface area (Å²) in [4.78, 5) is 22.1. The van der Waals surface area contributed by atoms with Gasteiger partial charge in [-0.1, -0.05) is 42.1 Å². The molecule has 1 atom stereocenters. The molecule has 3 aliphatic rings. The minimum atomic E-state index is -0.552. The van der Waals surface area contributed by atoms with Crippen molar-refractivity contribution in [3.05, 3.63) is 100 Å². The first-order chi connectivity index (χ1) is 20.4. The molecule has 1 aromatic heterocycles. The third-order valence-corrected chi connectivity index (χ3v) is 8.71. The Morgan fingerprint density at radius 1 is 1.26 bits per heavy atom. The van der Waals surface area contributed by atoms with Gasteiger partial charge in [0, 0.05) is 55.4 Å². The molecule has 1 amide bonds. The number of benzene rings is 2. The summed E-state index contributed by atoms with van der Waals surface area (Å²) >= 11 is 1.48. The molecule has 1 fully saturated rings. The summed E-state index contributed by atoms with van der Waals surface area (Å²) in [5, 5.41) is 16.0. The van der Waals surface area contributed by atoms with E-state index in [2.05, 4.69) is 68.3 Å². The Morgan fingerprint density at radius 3 is 2.81 bits per heavy atom. The van der Waals surface area contributed by atoms with Crippen molar-refractivity contribution in [2.24, 2.45) is 10.9 Å². The molecule has 9 nitrogen and oxygen atoms in total. The SMILES string of the molecule is C=N/C(=C\N1CCN(Cc2ccccc2)Cc2cc(F)c(C(=O)NC3=CSC(c4nncn4C(C)C)N3)cc21)C1CC1. The number of carbonyl (C=O) groups is 1. The number of allylic oxidation sites excluding steroid dienone is 1. The predicted molar refractivity (Wildman–Crippen MR) is 164 cm³/mol. The average Bonchev–Trinajstić information content (AvgIpc) is 3.55. The summed E-state index contributed by atoms with van der Waals surface area (Å²) in [5.74, 6) is 0.601. The molecule has 1 aliphatic carbocycles. The molecular formula is C31H35FN8OS. The molecule has 2 N–H and O–H groups in total. The number of halogens is 1. The van der Waals surface area contributed by atoms with Crippen LogP contribution in [0.4, 0.5) is 10.1 Å². The van der Waals surface area contributed by atoms with Gasteiger partial charge in [0.25, 0.3) is 5.91 Å². The van der Waals surface area contributed by atoms with E-state index in [0.717, 1.165) is 48.7 Å². The highest BCUT2D eigenvalue weighted by Crippen LogP contribution is 2.38. The molecular weight excluding hydrogens is 551 g/mol. The third kappa shape index (κ3) is 6.12. The van der Waals surface area contributed by atoms with Crippen LogP contribution in [0.5, 0.6) is 0 Å². The minimum absolute atomic E-state index is 0.00955. The molecule has 2 aliphatic heterocycles. The summed E-state index contributed by atoms with van der Waals surface area (Å²) in [6, 6.07) is 13.6. The lowest BCUT2D eigenvalue weighted by molar-refractivity contribution is 0.0959. The zero-order valence-corrected chi connectivity index (χ0v) is 24.6. The van der Waals surface area contributed by atoms with E-state index in [-0.39, 0.29) is 17.0 Å².